The number of aryl methyl sites for hydroxylation is 2. The summed E-state index contributed by atoms with van der Waals surface area (Å²) in [6.45, 7) is 6.60. The van der Waals surface area contributed by atoms with E-state index >= 15 is 0 Å². The predicted molar refractivity (Wildman–Crippen MR) is 66.1 cm³/mol. The van der Waals surface area contributed by atoms with E-state index in [1.807, 2.05) is 0 Å². The maximum atomic E-state index is 5.39. The van der Waals surface area contributed by atoms with Crippen LogP contribution in [0.4, 0.5) is 0 Å². The van der Waals surface area contributed by atoms with Crippen LogP contribution in [0.3, 0.4) is 0 Å². The summed E-state index contributed by atoms with van der Waals surface area (Å²) in [6, 6.07) is 4.25. The second-order valence-corrected chi connectivity index (χ2v) is 3.93. The normalized spacial score (nSPS) is 10.5. The molecule has 0 fully saturated rings. The van der Waals surface area contributed by atoms with Crippen molar-refractivity contribution in [3.63, 3.8) is 0 Å². The van der Waals surface area contributed by atoms with E-state index in [9.17, 15) is 0 Å². The van der Waals surface area contributed by atoms with Crippen molar-refractivity contribution in [3.8, 4) is 5.75 Å². The van der Waals surface area contributed by atoms with E-state index in [1.54, 1.807) is 14.2 Å². The zero-order chi connectivity index (χ0) is 12.0. The summed E-state index contributed by atoms with van der Waals surface area (Å²) >= 11 is 0. The molecule has 0 spiro atoms. The first kappa shape index (κ1) is 13.0. The van der Waals surface area contributed by atoms with Crippen LogP contribution in [0, 0.1) is 13.8 Å². The lowest BCUT2D eigenvalue weighted by Gasteiger charge is -2.13. The summed E-state index contributed by atoms with van der Waals surface area (Å²) < 4.78 is 10.4. The van der Waals surface area contributed by atoms with E-state index in [2.05, 4.69) is 31.3 Å². The van der Waals surface area contributed by atoms with Gasteiger partial charge in [-0.05, 0) is 31.0 Å². The first-order valence-electron chi connectivity index (χ1n) is 5.52. The number of methoxy groups -OCH3 is 2. The van der Waals surface area contributed by atoms with Crippen molar-refractivity contribution in [1.82, 2.24) is 5.32 Å². The summed E-state index contributed by atoms with van der Waals surface area (Å²) in [6.07, 6.45) is 0. The molecule has 0 heterocycles. The Labute approximate surface area is 97.8 Å². The molecule has 1 aromatic rings. The van der Waals surface area contributed by atoms with Crippen LogP contribution in [-0.2, 0) is 11.3 Å². The van der Waals surface area contributed by atoms with E-state index in [4.69, 9.17) is 9.47 Å². The molecule has 0 unspecified atom stereocenters. The van der Waals surface area contributed by atoms with Gasteiger partial charge in [0.15, 0.2) is 0 Å². The monoisotopic (exact) mass is 223 g/mol. The summed E-state index contributed by atoms with van der Waals surface area (Å²) in [5, 5.41) is 3.33. The molecule has 0 aliphatic carbocycles. The van der Waals surface area contributed by atoms with Gasteiger partial charge >= 0.3 is 0 Å². The maximum absolute atomic E-state index is 5.39. The van der Waals surface area contributed by atoms with Crippen molar-refractivity contribution in [2.24, 2.45) is 0 Å². The lowest BCUT2D eigenvalue weighted by atomic mass is 10.0. The second kappa shape index (κ2) is 6.51. The fourth-order valence-electron chi connectivity index (χ4n) is 1.75. The van der Waals surface area contributed by atoms with Gasteiger partial charge in [0, 0.05) is 25.8 Å². The number of benzene rings is 1. The third kappa shape index (κ3) is 3.51. The lowest BCUT2D eigenvalue weighted by Crippen LogP contribution is -2.19. The predicted octanol–water partition coefficient (Wildman–Crippen LogP) is 2.05. The third-order valence-electron chi connectivity index (χ3n) is 2.58. The molecule has 1 aromatic carbocycles. The molecule has 1 N–H and O–H groups in total. The molecule has 0 amide bonds. The Balaban J connectivity index is 2.70. The molecule has 16 heavy (non-hydrogen) atoms. The molecule has 3 heteroatoms. The first-order valence-corrected chi connectivity index (χ1v) is 5.52. The maximum Gasteiger partial charge on any atom is 0.123 e. The molecule has 0 atom stereocenters. The van der Waals surface area contributed by atoms with Crippen molar-refractivity contribution in [1.29, 1.82) is 0 Å². The molecule has 0 aliphatic rings. The summed E-state index contributed by atoms with van der Waals surface area (Å²) in [4.78, 5) is 0. The van der Waals surface area contributed by atoms with Crippen molar-refractivity contribution in [2.75, 3.05) is 27.4 Å². The van der Waals surface area contributed by atoms with Gasteiger partial charge in [0.25, 0.3) is 0 Å². The van der Waals surface area contributed by atoms with Crippen LogP contribution in [0.25, 0.3) is 0 Å². The van der Waals surface area contributed by atoms with Crippen LogP contribution in [0.5, 0.6) is 5.75 Å². The Kier molecular flexibility index (Phi) is 5.29. The minimum Gasteiger partial charge on any atom is -0.496 e. The van der Waals surface area contributed by atoms with Gasteiger partial charge < -0.3 is 14.8 Å². The summed E-state index contributed by atoms with van der Waals surface area (Å²) in [5.74, 6) is 0.961. The Morgan fingerprint density at radius 2 is 1.94 bits per heavy atom. The lowest BCUT2D eigenvalue weighted by molar-refractivity contribution is 0.199. The van der Waals surface area contributed by atoms with Crippen LogP contribution in [0.1, 0.15) is 16.7 Å². The highest BCUT2D eigenvalue weighted by Crippen LogP contribution is 2.23. The SMILES string of the molecule is COCCNCc1c(C)cc(C)cc1OC. The van der Waals surface area contributed by atoms with Crippen molar-refractivity contribution < 1.29 is 9.47 Å². The number of nitrogens with one attached hydrogen (secondary N) is 1. The molecule has 0 aromatic heterocycles. The molecule has 0 radical (unpaired) electrons. The molecule has 0 saturated heterocycles. The quantitative estimate of drug-likeness (QED) is 0.749. The average molecular weight is 223 g/mol. The Morgan fingerprint density at radius 3 is 2.56 bits per heavy atom. The van der Waals surface area contributed by atoms with Crippen LogP contribution >= 0.6 is 0 Å². The average Bonchev–Trinajstić information content (AvgIpc) is 2.26. The smallest absolute Gasteiger partial charge is 0.123 e. The zero-order valence-corrected chi connectivity index (χ0v) is 10.6. The highest BCUT2D eigenvalue weighted by Gasteiger charge is 2.06. The molecule has 0 bridgehead atoms. The van der Waals surface area contributed by atoms with Crippen LogP contribution in [0.15, 0.2) is 12.1 Å². The molecular formula is C13H21NO2. The van der Waals surface area contributed by atoms with Crippen LogP contribution in [0.2, 0.25) is 0 Å². The molecule has 90 valence electrons. The number of ether oxygens (including phenoxy) is 2. The van der Waals surface area contributed by atoms with Crippen LogP contribution < -0.4 is 10.1 Å². The third-order valence-corrected chi connectivity index (χ3v) is 2.58. The number of rotatable bonds is 6. The molecule has 0 aliphatic heterocycles. The zero-order valence-electron chi connectivity index (χ0n) is 10.6. The highest BCUT2D eigenvalue weighted by atomic mass is 16.5. The van der Waals surface area contributed by atoms with Crippen molar-refractivity contribution in [2.45, 2.75) is 20.4 Å². The fourth-order valence-corrected chi connectivity index (χ4v) is 1.75. The van der Waals surface area contributed by atoms with E-state index < -0.39 is 0 Å². The van der Waals surface area contributed by atoms with Gasteiger partial charge in [-0.2, -0.15) is 0 Å². The fraction of sp³-hybridized carbons (Fsp3) is 0.538. The number of hydrogen-bond acceptors (Lipinski definition) is 3. The molecular weight excluding hydrogens is 202 g/mol. The molecule has 0 saturated carbocycles. The Hall–Kier alpha value is -1.06. The number of hydrogen-bond donors (Lipinski definition) is 1. The highest BCUT2D eigenvalue weighted by molar-refractivity contribution is 5.42. The molecule has 1 rings (SSSR count). The van der Waals surface area contributed by atoms with Crippen molar-refractivity contribution >= 4 is 0 Å². The van der Waals surface area contributed by atoms with Gasteiger partial charge in [0.05, 0.1) is 13.7 Å². The molecule has 3 nitrogen and oxygen atoms in total. The largest absolute Gasteiger partial charge is 0.496 e. The van der Waals surface area contributed by atoms with E-state index in [0.29, 0.717) is 0 Å². The van der Waals surface area contributed by atoms with Gasteiger partial charge in [-0.15, -0.1) is 0 Å². The van der Waals surface area contributed by atoms with Gasteiger partial charge in [0.1, 0.15) is 5.75 Å². The van der Waals surface area contributed by atoms with E-state index in [0.717, 1.165) is 25.4 Å². The Bertz CT molecular complexity index is 337. The van der Waals surface area contributed by atoms with E-state index in [1.165, 1.54) is 16.7 Å². The Morgan fingerprint density at radius 1 is 1.19 bits per heavy atom. The van der Waals surface area contributed by atoms with Gasteiger partial charge in [-0.1, -0.05) is 6.07 Å². The summed E-state index contributed by atoms with van der Waals surface area (Å²) in [5.41, 5.74) is 3.72. The van der Waals surface area contributed by atoms with E-state index in [-0.39, 0.29) is 0 Å². The van der Waals surface area contributed by atoms with Crippen molar-refractivity contribution in [3.05, 3.63) is 28.8 Å². The van der Waals surface area contributed by atoms with Gasteiger partial charge in [-0.3, -0.25) is 0 Å². The standard InChI is InChI=1S/C13H21NO2/c1-10-7-11(2)12(13(8-10)16-4)9-14-5-6-15-3/h7-8,14H,5-6,9H2,1-4H3. The van der Waals surface area contributed by atoms with Gasteiger partial charge in [0.2, 0.25) is 0 Å². The van der Waals surface area contributed by atoms with Gasteiger partial charge in [-0.25, -0.2) is 0 Å². The van der Waals surface area contributed by atoms with Crippen LogP contribution in [-0.4, -0.2) is 27.4 Å². The second-order valence-electron chi connectivity index (χ2n) is 3.93. The first-order chi connectivity index (χ1) is 7.69. The minimum atomic E-state index is 0.729. The minimum absolute atomic E-state index is 0.729. The summed E-state index contributed by atoms with van der Waals surface area (Å²) in [7, 11) is 3.42. The topological polar surface area (TPSA) is 30.5 Å².